The molecule has 112 valence electrons. The lowest BCUT2D eigenvalue weighted by atomic mass is 9.84. The highest BCUT2D eigenvalue weighted by Gasteiger charge is 2.45. The second-order valence-corrected chi connectivity index (χ2v) is 5.53. The number of hydrogen-bond donors (Lipinski definition) is 1. The van der Waals surface area contributed by atoms with Gasteiger partial charge in [0.25, 0.3) is 0 Å². The van der Waals surface area contributed by atoms with Crippen LogP contribution in [-0.2, 0) is 6.54 Å². The number of rotatable bonds is 3. The molecule has 1 aliphatic carbocycles. The van der Waals surface area contributed by atoms with Crippen LogP contribution in [0.5, 0.6) is 0 Å². The maximum Gasteiger partial charge on any atom is 0.393 e. The van der Waals surface area contributed by atoms with E-state index in [-0.39, 0.29) is 23.6 Å². The molecule has 6 heteroatoms. The Bertz CT molecular complexity index is 441. The molecule has 2 unspecified atom stereocenters. The van der Waals surface area contributed by atoms with Crippen LogP contribution in [0.3, 0.4) is 0 Å². The van der Waals surface area contributed by atoms with E-state index in [2.05, 4.69) is 5.32 Å². The summed E-state index contributed by atoms with van der Waals surface area (Å²) in [5.41, 5.74) is 0.223. The molecular formula is C14H16ClF4N. The minimum atomic E-state index is -4.21. The smallest absolute Gasteiger partial charge is 0.309 e. The van der Waals surface area contributed by atoms with Gasteiger partial charge in [0.05, 0.1) is 5.92 Å². The largest absolute Gasteiger partial charge is 0.393 e. The minimum Gasteiger partial charge on any atom is -0.309 e. The van der Waals surface area contributed by atoms with Crippen molar-refractivity contribution in [2.75, 3.05) is 0 Å². The molecule has 0 bridgehead atoms. The summed E-state index contributed by atoms with van der Waals surface area (Å²) in [6.07, 6.45) is -2.28. The fourth-order valence-corrected chi connectivity index (χ4v) is 2.93. The van der Waals surface area contributed by atoms with Gasteiger partial charge in [0, 0.05) is 23.2 Å². The Kier molecular flexibility index (Phi) is 4.91. The predicted molar refractivity (Wildman–Crippen MR) is 70.1 cm³/mol. The van der Waals surface area contributed by atoms with Crippen LogP contribution >= 0.6 is 11.6 Å². The number of nitrogens with one attached hydrogen (secondary N) is 1. The summed E-state index contributed by atoms with van der Waals surface area (Å²) in [6, 6.07) is 3.59. The first kappa shape index (κ1) is 15.6. The van der Waals surface area contributed by atoms with Gasteiger partial charge in [0.2, 0.25) is 0 Å². The van der Waals surface area contributed by atoms with E-state index in [1.54, 1.807) is 0 Å². The zero-order chi connectivity index (χ0) is 14.8. The summed E-state index contributed by atoms with van der Waals surface area (Å²) < 4.78 is 52.4. The van der Waals surface area contributed by atoms with Gasteiger partial charge >= 0.3 is 6.18 Å². The lowest BCUT2D eigenvalue weighted by Gasteiger charge is -2.33. The molecular weight excluding hydrogens is 294 g/mol. The van der Waals surface area contributed by atoms with Crippen LogP contribution < -0.4 is 5.32 Å². The molecule has 2 atom stereocenters. The first-order valence-electron chi connectivity index (χ1n) is 6.62. The Morgan fingerprint density at radius 1 is 1.20 bits per heavy atom. The topological polar surface area (TPSA) is 12.0 Å². The van der Waals surface area contributed by atoms with E-state index < -0.39 is 24.0 Å². The van der Waals surface area contributed by atoms with Crippen molar-refractivity contribution >= 4 is 11.6 Å². The molecule has 2 rings (SSSR count). The molecule has 0 amide bonds. The molecule has 1 nitrogen and oxygen atoms in total. The summed E-state index contributed by atoms with van der Waals surface area (Å²) in [6.45, 7) is 0.0166. The van der Waals surface area contributed by atoms with Gasteiger partial charge in [-0.15, -0.1) is 0 Å². The van der Waals surface area contributed by atoms with E-state index in [1.165, 1.54) is 18.2 Å². The van der Waals surface area contributed by atoms with E-state index >= 15 is 0 Å². The third-order valence-electron chi connectivity index (χ3n) is 3.79. The lowest BCUT2D eigenvalue weighted by molar-refractivity contribution is -0.189. The normalized spacial score (nSPS) is 23.9. The highest BCUT2D eigenvalue weighted by Crippen LogP contribution is 2.38. The second-order valence-electron chi connectivity index (χ2n) is 5.12. The molecule has 1 saturated carbocycles. The molecule has 1 aliphatic rings. The van der Waals surface area contributed by atoms with Gasteiger partial charge in [-0.05, 0) is 25.0 Å². The summed E-state index contributed by atoms with van der Waals surface area (Å²) in [7, 11) is 0. The van der Waals surface area contributed by atoms with Crippen molar-refractivity contribution in [3.8, 4) is 0 Å². The maximum atomic E-state index is 13.6. The first-order valence-corrected chi connectivity index (χ1v) is 7.00. The predicted octanol–water partition coefficient (Wildman–Crippen LogP) is 4.69. The number of benzene rings is 1. The highest BCUT2D eigenvalue weighted by molar-refractivity contribution is 6.31. The van der Waals surface area contributed by atoms with Gasteiger partial charge in [-0.25, -0.2) is 4.39 Å². The van der Waals surface area contributed by atoms with Gasteiger partial charge in [0.15, 0.2) is 0 Å². The molecule has 0 aliphatic heterocycles. The second kappa shape index (κ2) is 6.31. The van der Waals surface area contributed by atoms with Crippen molar-refractivity contribution in [2.45, 2.75) is 44.4 Å². The molecule has 0 heterocycles. The molecule has 0 spiro atoms. The number of alkyl halides is 3. The van der Waals surface area contributed by atoms with Crippen molar-refractivity contribution in [3.05, 3.63) is 34.6 Å². The average molecular weight is 310 g/mol. The first-order chi connectivity index (χ1) is 9.39. The Labute approximate surface area is 120 Å². The van der Waals surface area contributed by atoms with Crippen LogP contribution in [-0.4, -0.2) is 12.2 Å². The molecule has 1 fully saturated rings. The molecule has 1 N–H and O–H groups in total. The molecule has 1 aromatic rings. The quantitative estimate of drug-likeness (QED) is 0.799. The standard InChI is InChI=1S/C14H16ClF4N/c15-11-5-3-6-12(16)9(11)8-20-13-7-2-1-4-10(13)14(17,18)19/h3,5-6,10,13,20H,1-2,4,7-8H2. The van der Waals surface area contributed by atoms with E-state index in [0.717, 1.165) is 6.42 Å². The van der Waals surface area contributed by atoms with Gasteiger partial charge < -0.3 is 5.32 Å². The summed E-state index contributed by atoms with van der Waals surface area (Å²) in [5.74, 6) is -1.86. The van der Waals surface area contributed by atoms with Crippen LogP contribution in [0.1, 0.15) is 31.2 Å². The number of halogens is 5. The Hall–Kier alpha value is -0.810. The van der Waals surface area contributed by atoms with Gasteiger partial charge in [-0.1, -0.05) is 30.5 Å². The fraction of sp³-hybridized carbons (Fsp3) is 0.571. The lowest BCUT2D eigenvalue weighted by Crippen LogP contribution is -2.45. The minimum absolute atomic E-state index is 0.0166. The van der Waals surface area contributed by atoms with E-state index in [4.69, 9.17) is 11.6 Å². The van der Waals surface area contributed by atoms with Crippen molar-refractivity contribution in [1.29, 1.82) is 0 Å². The highest BCUT2D eigenvalue weighted by atomic mass is 35.5. The maximum absolute atomic E-state index is 13.6. The van der Waals surface area contributed by atoms with Crippen LogP contribution in [0.4, 0.5) is 17.6 Å². The Morgan fingerprint density at radius 3 is 2.55 bits per heavy atom. The van der Waals surface area contributed by atoms with Gasteiger partial charge in [0.1, 0.15) is 5.82 Å². The fourth-order valence-electron chi connectivity index (χ4n) is 2.70. The SMILES string of the molecule is Fc1cccc(Cl)c1CNC1CCCCC1C(F)(F)F. The van der Waals surface area contributed by atoms with Crippen molar-refractivity contribution in [2.24, 2.45) is 5.92 Å². The van der Waals surface area contributed by atoms with Crippen LogP contribution in [0.25, 0.3) is 0 Å². The zero-order valence-corrected chi connectivity index (χ0v) is 11.6. The van der Waals surface area contributed by atoms with E-state index in [0.29, 0.717) is 12.8 Å². The van der Waals surface area contributed by atoms with Gasteiger partial charge in [-0.2, -0.15) is 13.2 Å². The summed E-state index contributed by atoms with van der Waals surface area (Å²) in [5, 5.41) is 3.06. The van der Waals surface area contributed by atoms with Gasteiger partial charge in [-0.3, -0.25) is 0 Å². The third kappa shape index (κ3) is 3.64. The molecule has 1 aromatic carbocycles. The van der Waals surface area contributed by atoms with Crippen molar-refractivity contribution < 1.29 is 17.6 Å². The Balaban J connectivity index is 2.05. The molecule has 0 radical (unpaired) electrons. The van der Waals surface area contributed by atoms with Crippen molar-refractivity contribution in [1.82, 2.24) is 5.32 Å². The zero-order valence-electron chi connectivity index (χ0n) is 10.8. The summed E-state index contributed by atoms with van der Waals surface area (Å²) in [4.78, 5) is 0. The third-order valence-corrected chi connectivity index (χ3v) is 4.14. The van der Waals surface area contributed by atoms with Crippen LogP contribution in [0, 0.1) is 11.7 Å². The molecule has 0 aromatic heterocycles. The Morgan fingerprint density at radius 2 is 1.90 bits per heavy atom. The van der Waals surface area contributed by atoms with E-state index in [1.807, 2.05) is 0 Å². The van der Waals surface area contributed by atoms with Crippen LogP contribution in [0.2, 0.25) is 5.02 Å². The van der Waals surface area contributed by atoms with Crippen molar-refractivity contribution in [3.63, 3.8) is 0 Å². The van der Waals surface area contributed by atoms with E-state index in [9.17, 15) is 17.6 Å². The average Bonchev–Trinajstić information content (AvgIpc) is 2.37. The molecule has 0 saturated heterocycles. The number of hydrogen-bond acceptors (Lipinski definition) is 1. The monoisotopic (exact) mass is 309 g/mol. The molecule has 20 heavy (non-hydrogen) atoms. The summed E-state index contributed by atoms with van der Waals surface area (Å²) >= 11 is 5.87. The van der Waals surface area contributed by atoms with Crippen LogP contribution in [0.15, 0.2) is 18.2 Å².